The maximum atomic E-state index is 11.8. The summed E-state index contributed by atoms with van der Waals surface area (Å²) in [4.78, 5) is 36.6. The predicted octanol–water partition coefficient (Wildman–Crippen LogP) is 1.13. The van der Waals surface area contributed by atoms with Crippen molar-refractivity contribution in [3.05, 3.63) is 29.8 Å². The van der Waals surface area contributed by atoms with E-state index in [-0.39, 0.29) is 12.0 Å². The Kier molecular flexibility index (Phi) is 6.01. The lowest BCUT2D eigenvalue weighted by Gasteiger charge is -2.19. The van der Waals surface area contributed by atoms with Crippen molar-refractivity contribution in [2.24, 2.45) is 0 Å². The minimum atomic E-state index is -0.843. The molecule has 1 saturated heterocycles. The maximum Gasteiger partial charge on any atom is 0.327 e. The number of nitrogens with one attached hydrogen (secondary N) is 2. The number of rotatable bonds is 3. The maximum absolute atomic E-state index is 11.8. The van der Waals surface area contributed by atoms with Crippen LogP contribution in [0.25, 0.3) is 0 Å². The molecule has 3 amide bonds. The van der Waals surface area contributed by atoms with Crippen molar-refractivity contribution in [1.82, 2.24) is 15.8 Å². The zero-order valence-electron chi connectivity index (χ0n) is 14.9. The number of likely N-dealkylation sites (tertiary alicyclic amines) is 1. The van der Waals surface area contributed by atoms with Crippen molar-refractivity contribution in [2.45, 2.75) is 39.0 Å². The molecule has 1 fully saturated rings. The van der Waals surface area contributed by atoms with Crippen LogP contribution in [0.15, 0.2) is 24.3 Å². The Morgan fingerprint density at radius 3 is 2.20 bits per heavy atom. The first-order valence-corrected chi connectivity index (χ1v) is 8.39. The van der Waals surface area contributed by atoms with E-state index in [1.165, 1.54) is 4.90 Å². The number of benzene rings is 1. The van der Waals surface area contributed by atoms with Crippen LogP contribution in [0.5, 0.6) is 5.75 Å². The zero-order chi connectivity index (χ0) is 18.4. The summed E-state index contributed by atoms with van der Waals surface area (Å²) in [7, 11) is 0. The van der Waals surface area contributed by atoms with Gasteiger partial charge in [-0.25, -0.2) is 0 Å². The second kappa shape index (κ2) is 8.00. The van der Waals surface area contributed by atoms with Gasteiger partial charge in [0.15, 0.2) is 6.61 Å². The second-order valence-corrected chi connectivity index (χ2v) is 7.06. The molecule has 0 saturated carbocycles. The van der Waals surface area contributed by atoms with E-state index < -0.39 is 17.7 Å². The van der Waals surface area contributed by atoms with E-state index in [4.69, 9.17) is 4.74 Å². The molecule has 2 rings (SSSR count). The van der Waals surface area contributed by atoms with Crippen LogP contribution < -0.4 is 15.6 Å². The molecule has 0 aromatic heterocycles. The van der Waals surface area contributed by atoms with E-state index in [9.17, 15) is 14.4 Å². The van der Waals surface area contributed by atoms with Crippen LogP contribution in [0.4, 0.5) is 0 Å². The Morgan fingerprint density at radius 2 is 1.64 bits per heavy atom. The van der Waals surface area contributed by atoms with Gasteiger partial charge < -0.3 is 9.64 Å². The monoisotopic (exact) mass is 347 g/mol. The number of ether oxygens (including phenoxy) is 1. The molecule has 7 heteroatoms. The molecule has 1 aromatic carbocycles. The molecule has 0 spiro atoms. The molecule has 25 heavy (non-hydrogen) atoms. The third-order valence-electron chi connectivity index (χ3n) is 3.99. The van der Waals surface area contributed by atoms with Crippen molar-refractivity contribution in [3.8, 4) is 5.75 Å². The molecule has 1 aliphatic rings. The van der Waals surface area contributed by atoms with E-state index in [2.05, 4.69) is 31.6 Å². The topological polar surface area (TPSA) is 87.7 Å². The average Bonchev–Trinajstić information content (AvgIpc) is 3.11. The number of nitrogens with zero attached hydrogens (tertiary/aromatic N) is 1. The number of amides is 3. The van der Waals surface area contributed by atoms with Crippen LogP contribution in [0.2, 0.25) is 0 Å². The first kappa shape index (κ1) is 18.8. The molecule has 0 bridgehead atoms. The average molecular weight is 347 g/mol. The SMILES string of the molecule is CC(C)(C)c1ccc(OCC(=O)NNC(=O)C(=O)N2CCCC2)cc1. The summed E-state index contributed by atoms with van der Waals surface area (Å²) in [6.07, 6.45) is 1.79. The highest BCUT2D eigenvalue weighted by molar-refractivity contribution is 6.35. The Balaban J connectivity index is 1.73. The smallest absolute Gasteiger partial charge is 0.327 e. The molecule has 2 N–H and O–H groups in total. The number of carbonyl (C=O) groups is 3. The molecule has 136 valence electrons. The van der Waals surface area contributed by atoms with Gasteiger partial charge in [0.25, 0.3) is 5.91 Å². The highest BCUT2D eigenvalue weighted by atomic mass is 16.5. The van der Waals surface area contributed by atoms with Crippen LogP contribution in [-0.4, -0.2) is 42.3 Å². The first-order valence-electron chi connectivity index (χ1n) is 8.39. The van der Waals surface area contributed by atoms with Crippen molar-refractivity contribution in [1.29, 1.82) is 0 Å². The summed E-state index contributed by atoms with van der Waals surface area (Å²) >= 11 is 0. The Morgan fingerprint density at radius 1 is 1.04 bits per heavy atom. The first-order chi connectivity index (χ1) is 11.8. The van der Waals surface area contributed by atoms with Crippen LogP contribution in [0.3, 0.4) is 0 Å². The third kappa shape index (κ3) is 5.48. The van der Waals surface area contributed by atoms with Gasteiger partial charge in [0.2, 0.25) is 0 Å². The highest BCUT2D eigenvalue weighted by Gasteiger charge is 2.24. The lowest BCUT2D eigenvalue weighted by atomic mass is 9.87. The molecule has 0 unspecified atom stereocenters. The Labute approximate surface area is 147 Å². The van der Waals surface area contributed by atoms with E-state index in [0.29, 0.717) is 18.8 Å². The van der Waals surface area contributed by atoms with Crippen LogP contribution in [0.1, 0.15) is 39.2 Å². The predicted molar refractivity (Wildman–Crippen MR) is 92.7 cm³/mol. The summed E-state index contributed by atoms with van der Waals surface area (Å²) in [6, 6.07) is 7.49. The lowest BCUT2D eigenvalue weighted by Crippen LogP contribution is -2.50. The standard InChI is InChI=1S/C18H25N3O4/c1-18(2,3)13-6-8-14(9-7-13)25-12-15(22)19-20-16(23)17(24)21-10-4-5-11-21/h6-9H,4-5,10-12H2,1-3H3,(H,19,22)(H,20,23). The van der Waals surface area contributed by atoms with Gasteiger partial charge in [-0.2, -0.15) is 0 Å². The van der Waals surface area contributed by atoms with Crippen LogP contribution >= 0.6 is 0 Å². The summed E-state index contributed by atoms with van der Waals surface area (Å²) in [5.74, 6) is -1.45. The van der Waals surface area contributed by atoms with Gasteiger partial charge in [-0.3, -0.25) is 25.2 Å². The molecule has 0 aliphatic carbocycles. The normalized spacial score (nSPS) is 14.1. The summed E-state index contributed by atoms with van der Waals surface area (Å²) in [5.41, 5.74) is 5.50. The van der Waals surface area contributed by atoms with Gasteiger partial charge in [0, 0.05) is 13.1 Å². The van der Waals surface area contributed by atoms with Gasteiger partial charge in [0.05, 0.1) is 0 Å². The minimum Gasteiger partial charge on any atom is -0.484 e. The van der Waals surface area contributed by atoms with Crippen molar-refractivity contribution < 1.29 is 19.1 Å². The molecular formula is C18H25N3O4. The van der Waals surface area contributed by atoms with E-state index in [0.717, 1.165) is 18.4 Å². The highest BCUT2D eigenvalue weighted by Crippen LogP contribution is 2.24. The van der Waals surface area contributed by atoms with E-state index in [1.54, 1.807) is 12.1 Å². The quantitative estimate of drug-likeness (QED) is 0.634. The molecule has 1 aliphatic heterocycles. The van der Waals surface area contributed by atoms with Gasteiger partial charge >= 0.3 is 11.8 Å². The number of hydrazine groups is 1. The van der Waals surface area contributed by atoms with Crippen molar-refractivity contribution >= 4 is 17.7 Å². The van der Waals surface area contributed by atoms with Gasteiger partial charge in [-0.15, -0.1) is 0 Å². The number of hydrogen-bond acceptors (Lipinski definition) is 4. The molecule has 1 heterocycles. The van der Waals surface area contributed by atoms with Crippen molar-refractivity contribution in [3.63, 3.8) is 0 Å². The largest absolute Gasteiger partial charge is 0.484 e. The second-order valence-electron chi connectivity index (χ2n) is 7.06. The lowest BCUT2D eigenvalue weighted by molar-refractivity contribution is -0.146. The molecule has 7 nitrogen and oxygen atoms in total. The van der Waals surface area contributed by atoms with Crippen molar-refractivity contribution in [2.75, 3.05) is 19.7 Å². The zero-order valence-corrected chi connectivity index (χ0v) is 14.9. The summed E-state index contributed by atoms with van der Waals surface area (Å²) in [5, 5.41) is 0. The fraction of sp³-hybridized carbons (Fsp3) is 0.500. The molecule has 0 atom stereocenters. The van der Waals surface area contributed by atoms with Gasteiger partial charge in [-0.05, 0) is 36.0 Å². The summed E-state index contributed by atoms with van der Waals surface area (Å²) in [6.45, 7) is 7.24. The van der Waals surface area contributed by atoms with Gasteiger partial charge in [0.1, 0.15) is 5.75 Å². The van der Waals surface area contributed by atoms with Gasteiger partial charge in [-0.1, -0.05) is 32.9 Å². The summed E-state index contributed by atoms with van der Waals surface area (Å²) < 4.78 is 5.37. The van der Waals surface area contributed by atoms with E-state index >= 15 is 0 Å². The number of carbonyl (C=O) groups excluding carboxylic acids is 3. The van der Waals surface area contributed by atoms with E-state index in [1.807, 2.05) is 12.1 Å². The number of hydrogen-bond donors (Lipinski definition) is 2. The van der Waals surface area contributed by atoms with Crippen LogP contribution in [0, 0.1) is 0 Å². The third-order valence-corrected chi connectivity index (χ3v) is 3.99. The fourth-order valence-corrected chi connectivity index (χ4v) is 2.48. The Hall–Kier alpha value is -2.57. The fourth-order valence-electron chi connectivity index (χ4n) is 2.48. The molecule has 0 radical (unpaired) electrons. The van der Waals surface area contributed by atoms with Crippen LogP contribution in [-0.2, 0) is 19.8 Å². The Bertz CT molecular complexity index is 629. The minimum absolute atomic E-state index is 0.0437. The molecule has 1 aromatic rings. The molecular weight excluding hydrogens is 322 g/mol.